The van der Waals surface area contributed by atoms with E-state index in [1.165, 1.54) is 12.0 Å². The van der Waals surface area contributed by atoms with E-state index in [-0.39, 0.29) is 12.1 Å². The minimum absolute atomic E-state index is 0.0221. The molecule has 0 radical (unpaired) electrons. The first-order valence-electron chi connectivity index (χ1n) is 9.62. The maximum absolute atomic E-state index is 12.6. The zero-order chi connectivity index (χ0) is 18.1. The summed E-state index contributed by atoms with van der Waals surface area (Å²) in [6.45, 7) is 0. The highest BCUT2D eigenvalue weighted by molar-refractivity contribution is 5.89. The predicted molar refractivity (Wildman–Crippen MR) is 103 cm³/mol. The lowest BCUT2D eigenvalue weighted by atomic mass is 9.58. The van der Waals surface area contributed by atoms with Crippen LogP contribution in [0, 0.1) is 11.8 Å². The van der Waals surface area contributed by atoms with Crippen molar-refractivity contribution in [3.63, 3.8) is 0 Å². The van der Waals surface area contributed by atoms with Crippen LogP contribution in [0.15, 0.2) is 60.7 Å². The number of benzene rings is 2. The van der Waals surface area contributed by atoms with Crippen molar-refractivity contribution in [1.82, 2.24) is 4.90 Å². The Labute approximate surface area is 156 Å². The summed E-state index contributed by atoms with van der Waals surface area (Å²) in [7, 11) is 4.33. The molecule has 0 aromatic heterocycles. The van der Waals surface area contributed by atoms with Gasteiger partial charge in [-0.3, -0.25) is 0 Å². The van der Waals surface area contributed by atoms with Crippen molar-refractivity contribution in [2.45, 2.75) is 37.3 Å². The molecule has 5 rings (SSSR count). The van der Waals surface area contributed by atoms with E-state index >= 15 is 0 Å². The maximum Gasteiger partial charge on any atom is 0.338 e. The Morgan fingerprint density at radius 3 is 2.27 bits per heavy atom. The second-order valence-electron chi connectivity index (χ2n) is 7.94. The van der Waals surface area contributed by atoms with Gasteiger partial charge in [-0.15, -0.1) is 0 Å². The van der Waals surface area contributed by atoms with Crippen LogP contribution in [-0.4, -0.2) is 37.1 Å². The van der Waals surface area contributed by atoms with Crippen molar-refractivity contribution < 1.29 is 9.53 Å². The van der Waals surface area contributed by atoms with E-state index in [0.717, 1.165) is 12.8 Å². The average Bonchev–Trinajstić information content (AvgIpc) is 2.69. The van der Waals surface area contributed by atoms with Gasteiger partial charge in [-0.25, -0.2) is 4.79 Å². The summed E-state index contributed by atoms with van der Waals surface area (Å²) in [5, 5.41) is 0. The number of hydrogen-bond donors (Lipinski definition) is 0. The first-order valence-corrected chi connectivity index (χ1v) is 9.62. The fourth-order valence-corrected chi connectivity index (χ4v) is 5.21. The number of hydrogen-bond acceptors (Lipinski definition) is 3. The molecule has 3 nitrogen and oxygen atoms in total. The monoisotopic (exact) mass is 349 g/mol. The zero-order valence-electron chi connectivity index (χ0n) is 15.5. The Morgan fingerprint density at radius 1 is 0.962 bits per heavy atom. The summed E-state index contributed by atoms with van der Waals surface area (Å²) in [6, 6.07) is 20.6. The standard InChI is InChI=1S/C23H27NO2/c1-24(2)22-19-14-13-18(21(22)16-9-5-3-6-10-16)15-20(19)26-23(25)17-11-7-4-8-12-17/h3-12,18-22H,13-15H2,1-2H3/t18-,19+,20+,21-,22-/m0/s1. The van der Waals surface area contributed by atoms with Crippen molar-refractivity contribution in [3.05, 3.63) is 71.8 Å². The second kappa shape index (κ2) is 7.24. The lowest BCUT2D eigenvalue weighted by molar-refractivity contribution is -0.0746. The molecule has 0 amide bonds. The van der Waals surface area contributed by atoms with Crippen molar-refractivity contribution in [2.75, 3.05) is 14.1 Å². The number of nitrogens with zero attached hydrogens (tertiary/aromatic N) is 1. The molecule has 2 aromatic rings. The van der Waals surface area contributed by atoms with E-state index in [1.807, 2.05) is 30.3 Å². The molecule has 5 atom stereocenters. The number of rotatable bonds is 4. The molecular formula is C23H27NO2. The van der Waals surface area contributed by atoms with E-state index in [2.05, 4.69) is 49.3 Å². The van der Waals surface area contributed by atoms with Gasteiger partial charge in [0.1, 0.15) is 6.10 Å². The van der Waals surface area contributed by atoms with Crippen LogP contribution < -0.4 is 0 Å². The summed E-state index contributed by atoms with van der Waals surface area (Å²) in [5.41, 5.74) is 2.07. The SMILES string of the molecule is CN(C)[C@H]1[C@@H]2CC[C@@H](C[C@H]2OC(=O)c2ccccc2)[C@@H]1c1ccccc1. The van der Waals surface area contributed by atoms with Crippen LogP contribution in [0.4, 0.5) is 0 Å². The van der Waals surface area contributed by atoms with Crippen molar-refractivity contribution in [1.29, 1.82) is 0 Å². The molecule has 0 spiro atoms. The number of carbonyl (C=O) groups is 1. The summed E-state index contributed by atoms with van der Waals surface area (Å²) in [6.07, 6.45) is 3.37. The highest BCUT2D eigenvalue weighted by Crippen LogP contribution is 2.52. The zero-order valence-corrected chi connectivity index (χ0v) is 15.5. The highest BCUT2D eigenvalue weighted by Gasteiger charge is 2.51. The van der Waals surface area contributed by atoms with Gasteiger partial charge in [0.25, 0.3) is 0 Å². The van der Waals surface area contributed by atoms with Crippen molar-refractivity contribution in [3.8, 4) is 0 Å². The summed E-state index contributed by atoms with van der Waals surface area (Å²) < 4.78 is 6.01. The minimum atomic E-state index is -0.183. The number of esters is 1. The lowest BCUT2D eigenvalue weighted by Gasteiger charge is -2.54. The quantitative estimate of drug-likeness (QED) is 0.768. The van der Waals surface area contributed by atoms with Gasteiger partial charge in [0.15, 0.2) is 0 Å². The van der Waals surface area contributed by atoms with Crippen molar-refractivity contribution in [2.24, 2.45) is 11.8 Å². The van der Waals surface area contributed by atoms with E-state index < -0.39 is 0 Å². The second-order valence-corrected chi connectivity index (χ2v) is 7.94. The molecule has 0 heterocycles. The molecule has 3 fully saturated rings. The molecule has 2 bridgehead atoms. The van der Waals surface area contributed by atoms with Gasteiger partial charge in [0.05, 0.1) is 5.56 Å². The van der Waals surface area contributed by atoms with Gasteiger partial charge < -0.3 is 9.64 Å². The summed E-state index contributed by atoms with van der Waals surface area (Å²) in [5.74, 6) is 1.31. The Bertz CT molecular complexity index is 743. The smallest absolute Gasteiger partial charge is 0.338 e. The van der Waals surface area contributed by atoms with Crippen LogP contribution in [0.3, 0.4) is 0 Å². The van der Waals surface area contributed by atoms with Gasteiger partial charge >= 0.3 is 5.97 Å². The molecule has 3 aliphatic rings. The van der Waals surface area contributed by atoms with Gasteiger partial charge in [-0.05, 0) is 57.0 Å². The van der Waals surface area contributed by atoms with Crippen LogP contribution in [-0.2, 0) is 4.74 Å². The normalized spacial score (nSPS) is 30.3. The Balaban J connectivity index is 1.57. The summed E-state index contributed by atoms with van der Waals surface area (Å²) in [4.78, 5) is 14.9. The third-order valence-electron chi connectivity index (χ3n) is 6.25. The Kier molecular flexibility index (Phi) is 4.82. The van der Waals surface area contributed by atoms with Gasteiger partial charge in [-0.2, -0.15) is 0 Å². The van der Waals surface area contributed by atoms with E-state index in [4.69, 9.17) is 4.74 Å². The van der Waals surface area contributed by atoms with Crippen LogP contribution >= 0.6 is 0 Å². The molecule has 0 aliphatic heterocycles. The van der Waals surface area contributed by atoms with Crippen LogP contribution in [0.1, 0.15) is 41.1 Å². The topological polar surface area (TPSA) is 29.5 Å². The Hall–Kier alpha value is -2.13. The first-order chi connectivity index (χ1) is 12.6. The maximum atomic E-state index is 12.6. The largest absolute Gasteiger partial charge is 0.458 e. The van der Waals surface area contributed by atoms with Crippen LogP contribution in [0.5, 0.6) is 0 Å². The number of likely N-dealkylation sites (N-methyl/N-ethyl adjacent to an activating group) is 1. The third kappa shape index (κ3) is 3.16. The first kappa shape index (κ1) is 17.3. The van der Waals surface area contributed by atoms with Gasteiger partial charge in [0, 0.05) is 17.9 Å². The van der Waals surface area contributed by atoms with E-state index in [9.17, 15) is 4.79 Å². The molecule has 3 heteroatoms. The predicted octanol–water partition coefficient (Wildman–Crippen LogP) is 4.36. The van der Waals surface area contributed by atoms with Gasteiger partial charge in [0.2, 0.25) is 0 Å². The van der Waals surface area contributed by atoms with E-state index in [0.29, 0.717) is 29.4 Å². The van der Waals surface area contributed by atoms with Crippen LogP contribution in [0.25, 0.3) is 0 Å². The van der Waals surface area contributed by atoms with Crippen molar-refractivity contribution >= 4 is 5.97 Å². The minimum Gasteiger partial charge on any atom is -0.458 e. The number of ether oxygens (including phenoxy) is 1. The van der Waals surface area contributed by atoms with E-state index in [1.54, 1.807) is 0 Å². The molecule has 3 saturated carbocycles. The summed E-state index contributed by atoms with van der Waals surface area (Å²) >= 11 is 0. The number of carbonyl (C=O) groups excluding carboxylic acids is 1. The molecule has 26 heavy (non-hydrogen) atoms. The molecule has 3 aliphatic carbocycles. The lowest BCUT2D eigenvalue weighted by Crippen LogP contribution is -2.56. The number of fused-ring (bicyclic) bond motifs is 3. The molecule has 2 aromatic carbocycles. The molecule has 0 saturated heterocycles. The Morgan fingerprint density at radius 2 is 1.62 bits per heavy atom. The molecule has 0 unspecified atom stereocenters. The van der Waals surface area contributed by atoms with Crippen LogP contribution in [0.2, 0.25) is 0 Å². The molecular weight excluding hydrogens is 322 g/mol. The fourth-order valence-electron chi connectivity index (χ4n) is 5.21. The molecule has 0 N–H and O–H groups in total. The highest BCUT2D eigenvalue weighted by atomic mass is 16.5. The fraction of sp³-hybridized carbons (Fsp3) is 0.435. The molecule has 136 valence electrons. The average molecular weight is 349 g/mol. The third-order valence-corrected chi connectivity index (χ3v) is 6.25. The van der Waals surface area contributed by atoms with Gasteiger partial charge in [-0.1, -0.05) is 48.5 Å².